The highest BCUT2D eigenvalue weighted by molar-refractivity contribution is 9.10. The number of imide groups is 2. The molecule has 0 radical (unpaired) electrons. The molecule has 0 atom stereocenters. The molecular formula is C29H25BrN2O7. The van der Waals surface area contributed by atoms with E-state index in [0.717, 1.165) is 16.0 Å². The molecule has 200 valence electrons. The van der Waals surface area contributed by atoms with Crippen LogP contribution in [0, 0.1) is 13.8 Å². The molecule has 0 aromatic heterocycles. The predicted octanol–water partition coefficient (Wildman–Crippen LogP) is 5.41. The number of halogens is 1. The summed E-state index contributed by atoms with van der Waals surface area (Å²) in [5, 5.41) is 11.5. The van der Waals surface area contributed by atoms with Crippen molar-refractivity contribution in [1.82, 2.24) is 5.32 Å². The number of nitrogens with one attached hydrogen (secondary N) is 1. The summed E-state index contributed by atoms with van der Waals surface area (Å²) in [6.45, 7) is 5.89. The highest BCUT2D eigenvalue weighted by Gasteiger charge is 2.37. The number of nitrogens with zero attached hydrogens (tertiary/aromatic N) is 1. The molecule has 0 aliphatic carbocycles. The molecule has 0 spiro atoms. The topological polar surface area (TPSA) is 122 Å². The number of urea groups is 1. The summed E-state index contributed by atoms with van der Waals surface area (Å²) in [6.07, 6.45) is 1.38. The van der Waals surface area contributed by atoms with Crippen molar-refractivity contribution in [2.24, 2.45) is 0 Å². The summed E-state index contributed by atoms with van der Waals surface area (Å²) in [5.74, 6) is -1.88. The van der Waals surface area contributed by atoms with Gasteiger partial charge in [-0.05, 0) is 101 Å². The van der Waals surface area contributed by atoms with Crippen LogP contribution in [0.25, 0.3) is 6.08 Å². The lowest BCUT2D eigenvalue weighted by Crippen LogP contribution is -2.54. The number of carbonyl (C=O) groups excluding carboxylic acids is 3. The molecule has 10 heteroatoms. The van der Waals surface area contributed by atoms with Gasteiger partial charge in [0.1, 0.15) is 12.2 Å². The van der Waals surface area contributed by atoms with Crippen LogP contribution in [0.3, 0.4) is 0 Å². The lowest BCUT2D eigenvalue weighted by atomic mass is 10.0. The van der Waals surface area contributed by atoms with E-state index in [1.807, 2.05) is 19.9 Å². The fraction of sp³-hybridized carbons (Fsp3) is 0.172. The van der Waals surface area contributed by atoms with Crippen molar-refractivity contribution in [3.8, 4) is 11.5 Å². The van der Waals surface area contributed by atoms with Crippen molar-refractivity contribution >= 4 is 51.5 Å². The normalized spacial score (nSPS) is 14.4. The molecule has 3 aromatic rings. The van der Waals surface area contributed by atoms with E-state index < -0.39 is 23.8 Å². The molecule has 0 unspecified atom stereocenters. The number of anilines is 1. The summed E-state index contributed by atoms with van der Waals surface area (Å²) >= 11 is 3.47. The van der Waals surface area contributed by atoms with E-state index in [2.05, 4.69) is 21.2 Å². The lowest BCUT2D eigenvalue weighted by Gasteiger charge is -2.27. The summed E-state index contributed by atoms with van der Waals surface area (Å²) in [6, 6.07) is 14.1. The van der Waals surface area contributed by atoms with Crippen LogP contribution in [-0.4, -0.2) is 35.5 Å². The van der Waals surface area contributed by atoms with Crippen LogP contribution in [0.1, 0.15) is 39.5 Å². The summed E-state index contributed by atoms with van der Waals surface area (Å²) < 4.78 is 12.2. The first-order valence-electron chi connectivity index (χ1n) is 12.0. The Morgan fingerprint density at radius 2 is 1.74 bits per heavy atom. The number of aryl methyl sites for hydroxylation is 2. The molecule has 1 saturated heterocycles. The third kappa shape index (κ3) is 6.18. The fourth-order valence-electron chi connectivity index (χ4n) is 4.16. The minimum Gasteiger partial charge on any atom is -0.490 e. The van der Waals surface area contributed by atoms with Crippen molar-refractivity contribution in [3.63, 3.8) is 0 Å². The molecule has 1 aliphatic rings. The van der Waals surface area contributed by atoms with Crippen LogP contribution >= 0.6 is 15.9 Å². The highest BCUT2D eigenvalue weighted by atomic mass is 79.9. The van der Waals surface area contributed by atoms with Gasteiger partial charge in [0, 0.05) is 0 Å². The Hall–Kier alpha value is -4.44. The first kappa shape index (κ1) is 27.6. The third-order valence-electron chi connectivity index (χ3n) is 5.77. The maximum absolute atomic E-state index is 13.3. The Bertz CT molecular complexity index is 1510. The van der Waals surface area contributed by atoms with Gasteiger partial charge in [0.05, 0.1) is 22.3 Å². The second-order valence-corrected chi connectivity index (χ2v) is 9.72. The number of amides is 4. The quantitative estimate of drug-likeness (QED) is 0.265. The number of hydrogen-bond donors (Lipinski definition) is 2. The summed E-state index contributed by atoms with van der Waals surface area (Å²) in [7, 11) is 0. The molecule has 1 fully saturated rings. The van der Waals surface area contributed by atoms with Crippen LogP contribution in [0.4, 0.5) is 10.5 Å². The Labute approximate surface area is 233 Å². The number of benzene rings is 3. The van der Waals surface area contributed by atoms with Gasteiger partial charge in [0.15, 0.2) is 11.5 Å². The number of carbonyl (C=O) groups is 4. The Morgan fingerprint density at radius 3 is 2.41 bits per heavy atom. The molecule has 2 N–H and O–H groups in total. The van der Waals surface area contributed by atoms with Gasteiger partial charge >= 0.3 is 12.0 Å². The van der Waals surface area contributed by atoms with Crippen molar-refractivity contribution in [3.05, 3.63) is 92.5 Å². The number of rotatable bonds is 8. The lowest BCUT2D eigenvalue weighted by molar-refractivity contribution is -0.122. The van der Waals surface area contributed by atoms with Crippen LogP contribution in [0.15, 0.2) is 64.6 Å². The van der Waals surface area contributed by atoms with Crippen molar-refractivity contribution < 1.29 is 33.8 Å². The average Bonchev–Trinajstić information content (AvgIpc) is 2.86. The maximum atomic E-state index is 13.3. The van der Waals surface area contributed by atoms with Crippen LogP contribution < -0.4 is 19.7 Å². The molecule has 9 nitrogen and oxygen atoms in total. The molecule has 4 rings (SSSR count). The van der Waals surface area contributed by atoms with Crippen LogP contribution in [-0.2, 0) is 16.2 Å². The van der Waals surface area contributed by atoms with Crippen molar-refractivity contribution in [2.75, 3.05) is 11.5 Å². The third-order valence-corrected chi connectivity index (χ3v) is 6.36. The molecule has 1 heterocycles. The van der Waals surface area contributed by atoms with Crippen molar-refractivity contribution in [2.45, 2.75) is 27.4 Å². The van der Waals surface area contributed by atoms with Gasteiger partial charge in [0.25, 0.3) is 11.8 Å². The number of hydrogen-bond acceptors (Lipinski definition) is 6. The van der Waals surface area contributed by atoms with Crippen LogP contribution in [0.5, 0.6) is 11.5 Å². The molecule has 3 aromatic carbocycles. The second kappa shape index (κ2) is 11.5. The highest BCUT2D eigenvalue weighted by Crippen LogP contribution is 2.38. The number of carboxylic acid groups (broad SMARTS) is 1. The monoisotopic (exact) mass is 592 g/mol. The Balaban J connectivity index is 1.66. The Kier molecular flexibility index (Phi) is 8.15. The average molecular weight is 593 g/mol. The molecule has 39 heavy (non-hydrogen) atoms. The zero-order valence-electron chi connectivity index (χ0n) is 21.4. The minimum absolute atomic E-state index is 0.0775. The van der Waals surface area contributed by atoms with E-state index in [-0.39, 0.29) is 17.7 Å². The summed E-state index contributed by atoms with van der Waals surface area (Å²) in [4.78, 5) is 50.8. The standard InChI is InChI=1S/C29H25BrN2O7/c1-4-38-24-14-19(13-23(30)25(24)39-15-18-6-5-7-20(11-18)28(35)36)12-22-26(33)31-29(37)32(27(22)34)21-9-16(2)8-17(3)10-21/h5-14H,4,15H2,1-3H3,(H,35,36)(H,31,33,37)/b22-12+. The number of ether oxygens (including phenoxy) is 2. The first-order valence-corrected chi connectivity index (χ1v) is 12.8. The van der Waals surface area contributed by atoms with Gasteiger partial charge in [-0.2, -0.15) is 0 Å². The second-order valence-electron chi connectivity index (χ2n) is 8.86. The van der Waals surface area contributed by atoms with Crippen LogP contribution in [0.2, 0.25) is 0 Å². The summed E-state index contributed by atoms with van der Waals surface area (Å²) in [5.41, 5.74) is 3.12. The van der Waals surface area contributed by atoms with E-state index in [9.17, 15) is 24.3 Å². The van der Waals surface area contributed by atoms with E-state index >= 15 is 0 Å². The SMILES string of the molecule is CCOc1cc(/C=C2\C(=O)NC(=O)N(c3cc(C)cc(C)c3)C2=O)cc(Br)c1OCc1cccc(C(=O)O)c1. The van der Waals surface area contributed by atoms with Gasteiger partial charge in [-0.25, -0.2) is 14.5 Å². The maximum Gasteiger partial charge on any atom is 0.335 e. The first-order chi connectivity index (χ1) is 18.6. The number of aromatic carboxylic acids is 1. The van der Waals surface area contributed by atoms with E-state index in [0.29, 0.717) is 39.4 Å². The van der Waals surface area contributed by atoms with Crippen molar-refractivity contribution in [1.29, 1.82) is 0 Å². The molecule has 0 bridgehead atoms. The molecule has 1 aliphatic heterocycles. The molecule has 4 amide bonds. The van der Waals surface area contributed by atoms with Gasteiger partial charge in [-0.1, -0.05) is 18.2 Å². The minimum atomic E-state index is -1.04. The number of carboxylic acids is 1. The fourth-order valence-corrected chi connectivity index (χ4v) is 4.74. The van der Waals surface area contributed by atoms with Gasteiger partial charge in [0.2, 0.25) is 0 Å². The zero-order valence-corrected chi connectivity index (χ0v) is 23.0. The largest absolute Gasteiger partial charge is 0.490 e. The zero-order chi connectivity index (χ0) is 28.3. The van der Waals surface area contributed by atoms with E-state index in [4.69, 9.17) is 9.47 Å². The van der Waals surface area contributed by atoms with Gasteiger partial charge < -0.3 is 14.6 Å². The molecular weight excluding hydrogens is 568 g/mol. The number of barbiturate groups is 1. The van der Waals surface area contributed by atoms with Gasteiger partial charge in [-0.3, -0.25) is 14.9 Å². The predicted molar refractivity (Wildman–Crippen MR) is 148 cm³/mol. The molecule has 0 saturated carbocycles. The Morgan fingerprint density at radius 1 is 1.03 bits per heavy atom. The van der Waals surface area contributed by atoms with E-state index in [1.165, 1.54) is 18.2 Å². The van der Waals surface area contributed by atoms with Gasteiger partial charge in [-0.15, -0.1) is 0 Å². The smallest absolute Gasteiger partial charge is 0.335 e. The van der Waals surface area contributed by atoms with E-state index in [1.54, 1.807) is 43.3 Å².